The quantitative estimate of drug-likeness (QED) is 0.654. The molecule has 1 aliphatic heterocycles. The van der Waals surface area contributed by atoms with Crippen LogP contribution in [0.3, 0.4) is 0 Å². The number of halogens is 2. The number of anilines is 1. The molecule has 0 unspecified atom stereocenters. The number of thiocarbonyl (C=S) groups is 1. The van der Waals surface area contributed by atoms with Gasteiger partial charge < -0.3 is 5.32 Å². The Hall–Kier alpha value is -2.24. The van der Waals surface area contributed by atoms with Gasteiger partial charge in [-0.3, -0.25) is 9.69 Å². The van der Waals surface area contributed by atoms with E-state index in [1.807, 2.05) is 24.3 Å². The highest BCUT2D eigenvalue weighted by Crippen LogP contribution is 2.26. The van der Waals surface area contributed by atoms with Gasteiger partial charge in [-0.2, -0.15) is 0 Å². The Balaban J connectivity index is 1.90. The van der Waals surface area contributed by atoms with Crippen LogP contribution in [0.15, 0.2) is 48.2 Å². The van der Waals surface area contributed by atoms with E-state index in [0.29, 0.717) is 11.4 Å². The summed E-state index contributed by atoms with van der Waals surface area (Å²) in [7, 11) is 0. The van der Waals surface area contributed by atoms with Gasteiger partial charge in [-0.25, -0.2) is 4.39 Å². The second-order valence-electron chi connectivity index (χ2n) is 5.32. The highest BCUT2D eigenvalue weighted by molar-refractivity contribution is 7.80. The molecule has 0 atom stereocenters. The molecular weight excluding hydrogens is 347 g/mol. The van der Waals surface area contributed by atoms with Gasteiger partial charge in [-0.05, 0) is 54.0 Å². The van der Waals surface area contributed by atoms with E-state index in [1.54, 1.807) is 12.1 Å². The van der Waals surface area contributed by atoms with Crippen LogP contribution in [-0.4, -0.2) is 11.0 Å². The Bertz CT molecular complexity index is 849. The largest absolute Gasteiger partial charge is 0.327 e. The molecule has 0 saturated carbocycles. The third-order valence-electron chi connectivity index (χ3n) is 3.74. The average molecular weight is 361 g/mol. The molecule has 0 aromatic heterocycles. The van der Waals surface area contributed by atoms with E-state index < -0.39 is 5.82 Å². The molecule has 0 spiro atoms. The summed E-state index contributed by atoms with van der Waals surface area (Å²) in [5.74, 6) is -0.932. The summed E-state index contributed by atoms with van der Waals surface area (Å²) in [6, 6.07) is 12.0. The van der Waals surface area contributed by atoms with Crippen LogP contribution in [0.25, 0.3) is 6.08 Å². The van der Waals surface area contributed by atoms with Crippen LogP contribution in [0, 0.1) is 5.82 Å². The minimum atomic E-state index is -0.600. The number of nitrogens with zero attached hydrogens (tertiary/aromatic N) is 1. The second kappa shape index (κ2) is 6.71. The fourth-order valence-electron chi connectivity index (χ4n) is 2.41. The van der Waals surface area contributed by atoms with Crippen molar-refractivity contribution in [1.29, 1.82) is 0 Å². The third-order valence-corrected chi connectivity index (χ3v) is 4.33. The first kappa shape index (κ1) is 16.6. The number of carbonyl (C=O) groups excluding carboxylic acids is 1. The van der Waals surface area contributed by atoms with E-state index in [-0.39, 0.29) is 16.0 Å². The molecule has 6 heteroatoms. The van der Waals surface area contributed by atoms with Crippen molar-refractivity contribution in [3.63, 3.8) is 0 Å². The van der Waals surface area contributed by atoms with Gasteiger partial charge in [0.2, 0.25) is 0 Å². The van der Waals surface area contributed by atoms with Gasteiger partial charge >= 0.3 is 0 Å². The first-order valence-corrected chi connectivity index (χ1v) is 8.19. The van der Waals surface area contributed by atoms with E-state index in [4.69, 9.17) is 23.8 Å². The zero-order valence-corrected chi connectivity index (χ0v) is 14.4. The topological polar surface area (TPSA) is 32.3 Å². The maximum atomic E-state index is 13.7. The van der Waals surface area contributed by atoms with Crippen molar-refractivity contribution in [1.82, 2.24) is 5.32 Å². The number of hydrogen-bond acceptors (Lipinski definition) is 2. The smallest absolute Gasteiger partial charge is 0.281 e. The normalized spacial score (nSPS) is 16.0. The van der Waals surface area contributed by atoms with Crippen molar-refractivity contribution < 1.29 is 9.18 Å². The zero-order valence-electron chi connectivity index (χ0n) is 12.8. The van der Waals surface area contributed by atoms with Gasteiger partial charge in [-0.1, -0.05) is 42.8 Å². The van der Waals surface area contributed by atoms with Crippen LogP contribution in [0.5, 0.6) is 0 Å². The molecule has 3 nitrogen and oxygen atoms in total. The molecule has 24 heavy (non-hydrogen) atoms. The molecule has 0 aliphatic carbocycles. The van der Waals surface area contributed by atoms with Crippen molar-refractivity contribution >= 4 is 46.6 Å². The number of benzene rings is 2. The SMILES string of the molecule is CCc1ccc(/C=C2\NC(=S)N(c3ccc(Cl)c(F)c3)C2=O)cc1. The molecule has 122 valence electrons. The lowest BCUT2D eigenvalue weighted by atomic mass is 10.1. The molecule has 1 heterocycles. The first-order valence-electron chi connectivity index (χ1n) is 7.40. The summed E-state index contributed by atoms with van der Waals surface area (Å²) < 4.78 is 13.7. The van der Waals surface area contributed by atoms with Crippen LogP contribution < -0.4 is 10.2 Å². The Kier molecular flexibility index (Phi) is 4.64. The molecule has 1 aliphatic rings. The van der Waals surface area contributed by atoms with Crippen LogP contribution in [-0.2, 0) is 11.2 Å². The highest BCUT2D eigenvalue weighted by Gasteiger charge is 2.32. The number of aryl methyl sites for hydroxylation is 1. The number of nitrogens with one attached hydrogen (secondary N) is 1. The lowest BCUT2D eigenvalue weighted by Gasteiger charge is -2.14. The molecule has 1 saturated heterocycles. The summed E-state index contributed by atoms with van der Waals surface area (Å²) in [5.41, 5.74) is 2.79. The standard InChI is InChI=1S/C18H14ClFN2OS/c1-2-11-3-5-12(6-4-11)9-16-17(23)22(18(24)21-16)13-7-8-14(19)15(20)10-13/h3-10H,2H2,1H3,(H,21,24)/b16-9-. The molecule has 0 bridgehead atoms. The minimum absolute atomic E-state index is 0.00365. The van der Waals surface area contributed by atoms with Gasteiger partial charge in [0.15, 0.2) is 5.11 Å². The molecule has 1 fully saturated rings. The molecule has 2 aromatic rings. The number of rotatable bonds is 3. The van der Waals surface area contributed by atoms with E-state index in [9.17, 15) is 9.18 Å². The van der Waals surface area contributed by atoms with Gasteiger partial charge in [-0.15, -0.1) is 0 Å². The highest BCUT2D eigenvalue weighted by atomic mass is 35.5. The van der Waals surface area contributed by atoms with Crippen molar-refractivity contribution in [2.45, 2.75) is 13.3 Å². The van der Waals surface area contributed by atoms with Gasteiger partial charge in [0, 0.05) is 0 Å². The van der Waals surface area contributed by atoms with Crippen LogP contribution in [0.2, 0.25) is 5.02 Å². The molecule has 3 rings (SSSR count). The van der Waals surface area contributed by atoms with E-state index in [2.05, 4.69) is 12.2 Å². The summed E-state index contributed by atoms with van der Waals surface area (Å²) in [6.45, 7) is 2.08. The maximum absolute atomic E-state index is 13.7. The van der Waals surface area contributed by atoms with Crippen LogP contribution in [0.1, 0.15) is 18.1 Å². The lowest BCUT2D eigenvalue weighted by Crippen LogP contribution is -2.30. The maximum Gasteiger partial charge on any atom is 0.281 e. The Morgan fingerprint density at radius 2 is 1.96 bits per heavy atom. The fourth-order valence-corrected chi connectivity index (χ4v) is 2.83. The Morgan fingerprint density at radius 3 is 2.58 bits per heavy atom. The average Bonchev–Trinajstić information content (AvgIpc) is 2.85. The summed E-state index contributed by atoms with van der Waals surface area (Å²) in [6.07, 6.45) is 2.67. The van der Waals surface area contributed by atoms with E-state index >= 15 is 0 Å². The molecule has 1 N–H and O–H groups in total. The number of hydrogen-bond donors (Lipinski definition) is 1. The van der Waals surface area contributed by atoms with Gasteiger partial charge in [0.05, 0.1) is 10.7 Å². The lowest BCUT2D eigenvalue weighted by molar-refractivity contribution is -0.113. The molecule has 0 radical (unpaired) electrons. The molecular formula is C18H14ClFN2OS. The third kappa shape index (κ3) is 3.18. The Labute approximate surface area is 149 Å². The van der Waals surface area contributed by atoms with E-state index in [1.165, 1.54) is 22.6 Å². The summed E-state index contributed by atoms with van der Waals surface area (Å²) in [5, 5.41) is 3.08. The minimum Gasteiger partial charge on any atom is -0.327 e. The summed E-state index contributed by atoms with van der Waals surface area (Å²) >= 11 is 10.9. The van der Waals surface area contributed by atoms with Gasteiger partial charge in [0.25, 0.3) is 5.91 Å². The molecule has 2 aromatic carbocycles. The molecule has 1 amide bonds. The van der Waals surface area contributed by atoms with Crippen LogP contribution in [0.4, 0.5) is 10.1 Å². The Morgan fingerprint density at radius 1 is 1.25 bits per heavy atom. The predicted molar refractivity (Wildman–Crippen MR) is 98.4 cm³/mol. The van der Waals surface area contributed by atoms with Crippen molar-refractivity contribution in [3.8, 4) is 0 Å². The monoisotopic (exact) mass is 360 g/mol. The predicted octanol–water partition coefficient (Wildman–Crippen LogP) is 4.30. The number of carbonyl (C=O) groups is 1. The van der Waals surface area contributed by atoms with Crippen molar-refractivity contribution in [2.75, 3.05) is 4.90 Å². The fraction of sp³-hybridized carbons (Fsp3) is 0.111. The second-order valence-corrected chi connectivity index (χ2v) is 6.12. The zero-order chi connectivity index (χ0) is 17.3. The summed E-state index contributed by atoms with van der Waals surface area (Å²) in [4.78, 5) is 13.8. The van der Waals surface area contributed by atoms with Crippen molar-refractivity contribution in [3.05, 3.63) is 70.1 Å². The first-order chi connectivity index (χ1) is 11.5. The van der Waals surface area contributed by atoms with E-state index in [0.717, 1.165) is 12.0 Å². The number of amides is 1. The van der Waals surface area contributed by atoms with Crippen molar-refractivity contribution in [2.24, 2.45) is 0 Å². The van der Waals surface area contributed by atoms with Gasteiger partial charge in [0.1, 0.15) is 11.5 Å². The van der Waals surface area contributed by atoms with Crippen LogP contribution >= 0.6 is 23.8 Å².